The SMILES string of the molecule is COc1c([C@H]2[C@H](C(=O)Nc3ccc4nc(C(=O)N(C)C)cn4c3)O[C@@](C)(C(F)(F)F)[C@H]2C)ccc(F)c1F. The fourth-order valence-electron chi connectivity index (χ4n) is 4.65. The normalized spacial score (nSPS) is 23.5. The second-order valence-corrected chi connectivity index (χ2v) is 9.44. The molecule has 0 unspecified atom stereocenters. The minimum absolute atomic E-state index is 0.135. The van der Waals surface area contributed by atoms with E-state index in [2.05, 4.69) is 10.3 Å². The van der Waals surface area contributed by atoms with E-state index in [1.54, 1.807) is 14.1 Å². The van der Waals surface area contributed by atoms with Crippen LogP contribution in [0.3, 0.4) is 0 Å². The summed E-state index contributed by atoms with van der Waals surface area (Å²) in [5, 5.41) is 2.53. The molecule has 2 aromatic heterocycles. The summed E-state index contributed by atoms with van der Waals surface area (Å²) in [4.78, 5) is 31.1. The molecule has 204 valence electrons. The Morgan fingerprint density at radius 3 is 2.45 bits per heavy atom. The van der Waals surface area contributed by atoms with Crippen LogP contribution >= 0.6 is 0 Å². The summed E-state index contributed by atoms with van der Waals surface area (Å²) < 4.78 is 82.5. The monoisotopic (exact) mass is 540 g/mol. The van der Waals surface area contributed by atoms with Gasteiger partial charge in [-0.25, -0.2) is 9.37 Å². The van der Waals surface area contributed by atoms with Crippen LogP contribution in [0.2, 0.25) is 0 Å². The number of carbonyl (C=O) groups is 2. The van der Waals surface area contributed by atoms with Gasteiger partial charge in [-0.05, 0) is 25.1 Å². The number of hydrogen-bond donors (Lipinski definition) is 1. The van der Waals surface area contributed by atoms with Crippen LogP contribution in [-0.2, 0) is 9.53 Å². The zero-order valence-corrected chi connectivity index (χ0v) is 21.1. The van der Waals surface area contributed by atoms with E-state index in [0.717, 1.165) is 26.2 Å². The average Bonchev–Trinajstić information content (AvgIpc) is 3.39. The molecule has 1 fully saturated rings. The van der Waals surface area contributed by atoms with Crippen molar-refractivity contribution in [3.63, 3.8) is 0 Å². The molecule has 0 aliphatic carbocycles. The zero-order valence-electron chi connectivity index (χ0n) is 21.1. The van der Waals surface area contributed by atoms with Crippen molar-refractivity contribution in [1.29, 1.82) is 0 Å². The third-order valence-electron chi connectivity index (χ3n) is 6.91. The van der Waals surface area contributed by atoms with Crippen LogP contribution in [0.15, 0.2) is 36.7 Å². The van der Waals surface area contributed by atoms with E-state index < -0.39 is 53.0 Å². The highest BCUT2D eigenvalue weighted by Crippen LogP contribution is 2.55. The molecule has 2 amide bonds. The number of nitrogens with zero attached hydrogens (tertiary/aromatic N) is 3. The number of aromatic nitrogens is 2. The first-order valence-corrected chi connectivity index (χ1v) is 11.5. The quantitative estimate of drug-likeness (QED) is 0.485. The summed E-state index contributed by atoms with van der Waals surface area (Å²) in [5.74, 6) is -7.25. The summed E-state index contributed by atoms with van der Waals surface area (Å²) in [6, 6.07) is 4.82. The number of hydrogen-bond acceptors (Lipinski definition) is 5. The molecular formula is C25H25F5N4O4. The number of pyridine rings is 1. The molecule has 38 heavy (non-hydrogen) atoms. The number of ether oxygens (including phenoxy) is 2. The first-order chi connectivity index (χ1) is 17.7. The number of alkyl halides is 3. The topological polar surface area (TPSA) is 85.2 Å². The van der Waals surface area contributed by atoms with Gasteiger partial charge in [0.2, 0.25) is 5.82 Å². The van der Waals surface area contributed by atoms with Crippen LogP contribution in [0.4, 0.5) is 27.6 Å². The van der Waals surface area contributed by atoms with Crippen LogP contribution < -0.4 is 10.1 Å². The Morgan fingerprint density at radius 2 is 1.84 bits per heavy atom. The Morgan fingerprint density at radius 1 is 1.16 bits per heavy atom. The number of carbonyl (C=O) groups excluding carboxylic acids is 2. The summed E-state index contributed by atoms with van der Waals surface area (Å²) in [6.07, 6.45) is -3.74. The maximum Gasteiger partial charge on any atom is 0.417 e. The lowest BCUT2D eigenvalue weighted by Gasteiger charge is -2.32. The number of imidazole rings is 1. The summed E-state index contributed by atoms with van der Waals surface area (Å²) in [5.41, 5.74) is -2.18. The van der Waals surface area contributed by atoms with Gasteiger partial charge in [0.25, 0.3) is 11.8 Å². The van der Waals surface area contributed by atoms with Crippen molar-refractivity contribution >= 4 is 23.1 Å². The fraction of sp³-hybridized carbons (Fsp3) is 0.400. The Labute approximate surface area is 214 Å². The van der Waals surface area contributed by atoms with Crippen molar-refractivity contribution in [1.82, 2.24) is 14.3 Å². The first kappa shape index (κ1) is 27.3. The third-order valence-corrected chi connectivity index (χ3v) is 6.91. The minimum Gasteiger partial charge on any atom is -0.493 e. The van der Waals surface area contributed by atoms with Crippen molar-refractivity contribution in [3.05, 3.63) is 59.6 Å². The van der Waals surface area contributed by atoms with E-state index in [1.807, 2.05) is 0 Å². The molecule has 0 saturated carbocycles. The fourth-order valence-corrected chi connectivity index (χ4v) is 4.65. The lowest BCUT2D eigenvalue weighted by atomic mass is 9.77. The largest absolute Gasteiger partial charge is 0.493 e. The van der Waals surface area contributed by atoms with Crippen LogP contribution in [0.25, 0.3) is 5.65 Å². The molecule has 0 radical (unpaired) electrons. The first-order valence-electron chi connectivity index (χ1n) is 11.5. The van der Waals surface area contributed by atoms with Crippen molar-refractivity contribution < 1.29 is 41.0 Å². The standard InChI is InChI=1S/C25H25F5N4O4/c1-12-18(14-7-8-15(26)19(27)20(14)37-5)21(38-24(12,2)25(28,29)30)22(35)31-13-6-9-17-32-16(11-34(17)10-13)23(36)33(3)4/h6-12,18,21H,1-5H3,(H,31,35)/t12-,18-,21+,24+/m0/s1. The number of rotatable bonds is 5. The predicted octanol–water partition coefficient (Wildman–Crippen LogP) is 4.40. The van der Waals surface area contributed by atoms with Crippen LogP contribution in [-0.4, -0.2) is 65.2 Å². The maximum atomic E-state index is 14.5. The minimum atomic E-state index is -4.88. The molecule has 4 rings (SSSR count). The zero-order chi connectivity index (χ0) is 28.2. The van der Waals surface area contributed by atoms with Gasteiger partial charge in [0.05, 0.1) is 12.8 Å². The van der Waals surface area contributed by atoms with Crippen LogP contribution in [0.5, 0.6) is 5.75 Å². The number of benzene rings is 1. The number of nitrogens with one attached hydrogen (secondary N) is 1. The molecule has 8 nitrogen and oxygen atoms in total. The molecule has 1 aromatic carbocycles. The van der Waals surface area contributed by atoms with E-state index in [4.69, 9.17) is 9.47 Å². The van der Waals surface area contributed by atoms with Crippen molar-refractivity contribution in [2.24, 2.45) is 5.92 Å². The Bertz CT molecular complexity index is 1410. The molecule has 0 spiro atoms. The van der Waals surface area contributed by atoms with Crippen LogP contribution in [0.1, 0.15) is 35.8 Å². The molecule has 3 heterocycles. The lowest BCUT2D eigenvalue weighted by Crippen LogP contribution is -2.47. The van der Waals surface area contributed by atoms with Gasteiger partial charge in [-0.1, -0.05) is 13.0 Å². The van der Waals surface area contributed by atoms with Gasteiger partial charge in [0, 0.05) is 43.9 Å². The van der Waals surface area contributed by atoms with Crippen LogP contribution in [0, 0.1) is 17.6 Å². The molecule has 1 aliphatic rings. The molecule has 13 heteroatoms. The highest BCUT2D eigenvalue weighted by molar-refractivity contribution is 5.96. The van der Waals surface area contributed by atoms with E-state index >= 15 is 0 Å². The highest BCUT2D eigenvalue weighted by Gasteiger charge is 2.65. The van der Waals surface area contributed by atoms with Crippen molar-refractivity contribution in [3.8, 4) is 5.75 Å². The summed E-state index contributed by atoms with van der Waals surface area (Å²) in [7, 11) is 4.18. The van der Waals surface area contributed by atoms with Gasteiger partial charge >= 0.3 is 6.18 Å². The molecule has 1 saturated heterocycles. The smallest absolute Gasteiger partial charge is 0.417 e. The van der Waals surface area contributed by atoms with Gasteiger partial charge in [0.15, 0.2) is 17.2 Å². The van der Waals surface area contributed by atoms with Gasteiger partial charge in [0.1, 0.15) is 17.4 Å². The van der Waals surface area contributed by atoms with Crippen molar-refractivity contribution in [2.45, 2.75) is 37.6 Å². The average molecular weight is 540 g/mol. The Balaban J connectivity index is 1.72. The highest BCUT2D eigenvalue weighted by atomic mass is 19.4. The molecule has 1 aliphatic heterocycles. The van der Waals surface area contributed by atoms with E-state index in [0.29, 0.717) is 5.65 Å². The molecular weight excluding hydrogens is 515 g/mol. The maximum absolute atomic E-state index is 14.5. The van der Waals surface area contributed by atoms with Gasteiger partial charge in [-0.2, -0.15) is 17.6 Å². The summed E-state index contributed by atoms with van der Waals surface area (Å²) in [6.45, 7) is 2.04. The number of amides is 2. The van der Waals surface area contributed by atoms with E-state index in [9.17, 15) is 31.5 Å². The predicted molar refractivity (Wildman–Crippen MR) is 126 cm³/mol. The Hall–Kier alpha value is -3.74. The Kier molecular flexibility index (Phi) is 6.85. The van der Waals surface area contributed by atoms with Gasteiger partial charge < -0.3 is 24.1 Å². The van der Waals surface area contributed by atoms with Gasteiger partial charge in [-0.15, -0.1) is 0 Å². The van der Waals surface area contributed by atoms with Crippen molar-refractivity contribution in [2.75, 3.05) is 26.5 Å². The molecule has 0 bridgehead atoms. The van der Waals surface area contributed by atoms with E-state index in [-0.39, 0.29) is 22.9 Å². The molecule has 3 aromatic rings. The van der Waals surface area contributed by atoms with Gasteiger partial charge in [-0.3, -0.25) is 9.59 Å². The van der Waals surface area contributed by atoms with E-state index in [1.165, 1.54) is 40.8 Å². The second kappa shape index (κ2) is 9.53. The summed E-state index contributed by atoms with van der Waals surface area (Å²) >= 11 is 0. The molecule has 4 atom stereocenters. The third kappa shape index (κ3) is 4.44. The number of fused-ring (bicyclic) bond motifs is 1. The number of anilines is 1. The second-order valence-electron chi connectivity index (χ2n) is 9.44. The molecule has 1 N–H and O–H groups in total. The number of methoxy groups -OCH3 is 1. The number of halogens is 5. The lowest BCUT2D eigenvalue weighted by molar-refractivity contribution is -0.272.